The molecule has 8 heteroatoms. The van der Waals surface area contributed by atoms with Crippen molar-refractivity contribution >= 4 is 57.5 Å². The van der Waals surface area contributed by atoms with E-state index in [1.807, 2.05) is 28.5 Å². The monoisotopic (exact) mass is 410 g/mol. The molecule has 0 aromatic carbocycles. The number of amides is 2. The summed E-state index contributed by atoms with van der Waals surface area (Å²) in [6, 6.07) is 3.29. The molecule has 2 aliphatic rings. The van der Waals surface area contributed by atoms with Crippen LogP contribution in [0.1, 0.15) is 37.5 Å². The molecule has 2 fully saturated rings. The van der Waals surface area contributed by atoms with E-state index >= 15 is 0 Å². The number of aliphatic hydroxyl groups is 1. The maximum atomic E-state index is 13.0. The summed E-state index contributed by atoms with van der Waals surface area (Å²) in [5.41, 5.74) is 0. The average Bonchev–Trinajstić information content (AvgIpc) is 3.23. The van der Waals surface area contributed by atoms with Crippen LogP contribution in [0.2, 0.25) is 0 Å². The number of hydrogen-bond acceptors (Lipinski definition) is 6. The number of likely N-dealkylation sites (tertiary alicyclic amines) is 1. The van der Waals surface area contributed by atoms with Crippen molar-refractivity contribution in [2.24, 2.45) is 0 Å². The lowest BCUT2D eigenvalue weighted by molar-refractivity contribution is -0.142. The Kier molecular flexibility index (Phi) is 6.50. The third-order valence-electron chi connectivity index (χ3n) is 4.76. The molecular formula is C18H22N2O3S3. The van der Waals surface area contributed by atoms with Crippen LogP contribution in [0.3, 0.4) is 0 Å². The Bertz CT molecular complexity index is 715. The summed E-state index contributed by atoms with van der Waals surface area (Å²) in [5, 5.41) is 11.2. The predicted molar refractivity (Wildman–Crippen MR) is 110 cm³/mol. The normalized spacial score (nSPS) is 23.8. The lowest BCUT2D eigenvalue weighted by Crippen LogP contribution is -2.53. The van der Waals surface area contributed by atoms with Crippen molar-refractivity contribution in [3.63, 3.8) is 0 Å². The molecule has 26 heavy (non-hydrogen) atoms. The molecule has 0 aliphatic carbocycles. The molecule has 0 unspecified atom stereocenters. The number of piperidine rings is 1. The van der Waals surface area contributed by atoms with Crippen LogP contribution in [0.5, 0.6) is 0 Å². The second-order valence-electron chi connectivity index (χ2n) is 6.44. The van der Waals surface area contributed by atoms with Gasteiger partial charge >= 0.3 is 0 Å². The second kappa shape index (κ2) is 8.65. The standard InChI is InChI=1S/C18H22N2O3S3/c1-12(16(22)19-8-3-2-5-13(19)7-9-21)20-17(23)15(26-18(20)24)11-14-6-4-10-25-14/h4,6,10-13,21H,2-3,5,7-9H2,1H3/b15-11-/t12-,13-/m1/s1. The van der Waals surface area contributed by atoms with E-state index < -0.39 is 6.04 Å². The smallest absolute Gasteiger partial charge is 0.266 e. The molecule has 2 saturated heterocycles. The van der Waals surface area contributed by atoms with Crippen LogP contribution in [-0.2, 0) is 9.59 Å². The topological polar surface area (TPSA) is 60.9 Å². The molecule has 3 rings (SSSR count). The SMILES string of the molecule is C[C@H](C(=O)N1CCCC[C@@H]1CCO)N1C(=O)/C(=C/c2cccs2)SC1=S. The number of thiocarbonyl (C=S) groups is 1. The molecule has 1 aromatic rings. The van der Waals surface area contributed by atoms with Crippen molar-refractivity contribution in [1.82, 2.24) is 9.80 Å². The first-order chi connectivity index (χ1) is 12.5. The van der Waals surface area contributed by atoms with Crippen molar-refractivity contribution < 1.29 is 14.7 Å². The minimum Gasteiger partial charge on any atom is -0.396 e. The Hall–Kier alpha value is -1.22. The molecule has 0 bridgehead atoms. The van der Waals surface area contributed by atoms with Gasteiger partial charge in [0.1, 0.15) is 10.4 Å². The van der Waals surface area contributed by atoms with Crippen LogP contribution in [0.25, 0.3) is 6.08 Å². The number of aliphatic hydroxyl groups excluding tert-OH is 1. The molecule has 3 heterocycles. The highest BCUT2D eigenvalue weighted by atomic mass is 32.2. The predicted octanol–water partition coefficient (Wildman–Crippen LogP) is 3.10. The summed E-state index contributed by atoms with van der Waals surface area (Å²) in [6.07, 6.45) is 5.33. The Morgan fingerprint density at radius 2 is 2.31 bits per heavy atom. The average molecular weight is 411 g/mol. The van der Waals surface area contributed by atoms with Gasteiger partial charge in [-0.1, -0.05) is 30.0 Å². The summed E-state index contributed by atoms with van der Waals surface area (Å²) in [5.74, 6) is -0.290. The van der Waals surface area contributed by atoms with Gasteiger partial charge in [-0.15, -0.1) is 11.3 Å². The highest BCUT2D eigenvalue weighted by Crippen LogP contribution is 2.35. The molecule has 5 nitrogen and oxygen atoms in total. The second-order valence-corrected chi connectivity index (χ2v) is 9.09. The van der Waals surface area contributed by atoms with Crippen LogP contribution >= 0.6 is 35.3 Å². The van der Waals surface area contributed by atoms with E-state index in [1.54, 1.807) is 18.3 Å². The minimum atomic E-state index is -0.629. The van der Waals surface area contributed by atoms with Gasteiger partial charge in [0.05, 0.1) is 4.91 Å². The lowest BCUT2D eigenvalue weighted by Gasteiger charge is -2.38. The lowest BCUT2D eigenvalue weighted by atomic mass is 9.98. The Morgan fingerprint density at radius 1 is 1.50 bits per heavy atom. The van der Waals surface area contributed by atoms with Crippen molar-refractivity contribution in [2.45, 2.75) is 44.7 Å². The number of hydrogen-bond donors (Lipinski definition) is 1. The van der Waals surface area contributed by atoms with Gasteiger partial charge in [0.25, 0.3) is 5.91 Å². The third-order valence-corrected chi connectivity index (χ3v) is 6.91. The molecule has 0 radical (unpaired) electrons. The highest BCUT2D eigenvalue weighted by Gasteiger charge is 2.41. The maximum absolute atomic E-state index is 13.0. The van der Waals surface area contributed by atoms with Gasteiger partial charge in [0, 0.05) is 24.1 Å². The van der Waals surface area contributed by atoms with Crippen LogP contribution in [0.15, 0.2) is 22.4 Å². The van der Waals surface area contributed by atoms with Crippen molar-refractivity contribution in [3.8, 4) is 0 Å². The summed E-state index contributed by atoms with van der Waals surface area (Å²) >= 11 is 8.19. The molecule has 2 amide bonds. The summed E-state index contributed by atoms with van der Waals surface area (Å²) in [7, 11) is 0. The maximum Gasteiger partial charge on any atom is 0.266 e. The Labute approximate surface area is 167 Å². The van der Waals surface area contributed by atoms with Gasteiger partial charge in [-0.2, -0.15) is 0 Å². The van der Waals surface area contributed by atoms with Crippen LogP contribution < -0.4 is 0 Å². The number of thioether (sulfide) groups is 1. The van der Waals surface area contributed by atoms with Gasteiger partial charge in [0.15, 0.2) is 0 Å². The Balaban J connectivity index is 1.76. The van der Waals surface area contributed by atoms with Crippen molar-refractivity contribution in [3.05, 3.63) is 27.3 Å². The van der Waals surface area contributed by atoms with Crippen LogP contribution in [0.4, 0.5) is 0 Å². The third kappa shape index (κ3) is 4.03. The zero-order valence-corrected chi connectivity index (χ0v) is 17.0. The summed E-state index contributed by atoms with van der Waals surface area (Å²) in [6.45, 7) is 2.48. The van der Waals surface area contributed by atoms with Gasteiger partial charge in [-0.25, -0.2) is 0 Å². The van der Waals surface area contributed by atoms with Crippen molar-refractivity contribution in [2.75, 3.05) is 13.2 Å². The number of thiophene rings is 1. The molecule has 1 aromatic heterocycles. The molecule has 2 atom stereocenters. The van der Waals surface area contributed by atoms with E-state index in [0.717, 1.165) is 24.1 Å². The summed E-state index contributed by atoms with van der Waals surface area (Å²) in [4.78, 5) is 30.7. The zero-order chi connectivity index (χ0) is 18.7. The van der Waals surface area contributed by atoms with Crippen LogP contribution in [0, 0.1) is 0 Å². The Morgan fingerprint density at radius 3 is 3.00 bits per heavy atom. The van der Waals surface area contributed by atoms with E-state index in [9.17, 15) is 14.7 Å². The summed E-state index contributed by atoms with van der Waals surface area (Å²) < 4.78 is 0.425. The molecule has 140 valence electrons. The van der Waals surface area contributed by atoms with Gasteiger partial charge < -0.3 is 10.0 Å². The van der Waals surface area contributed by atoms with E-state index in [2.05, 4.69) is 0 Å². The first-order valence-corrected chi connectivity index (χ1v) is 10.8. The first-order valence-electron chi connectivity index (χ1n) is 8.75. The van der Waals surface area contributed by atoms with E-state index in [-0.39, 0.29) is 24.5 Å². The highest BCUT2D eigenvalue weighted by molar-refractivity contribution is 8.26. The first kappa shape index (κ1) is 19.5. The van der Waals surface area contributed by atoms with E-state index in [4.69, 9.17) is 12.2 Å². The molecular weight excluding hydrogens is 388 g/mol. The number of nitrogens with zero attached hydrogens (tertiary/aromatic N) is 2. The zero-order valence-electron chi connectivity index (χ0n) is 14.6. The van der Waals surface area contributed by atoms with E-state index in [0.29, 0.717) is 22.2 Å². The van der Waals surface area contributed by atoms with E-state index in [1.165, 1.54) is 16.7 Å². The fraction of sp³-hybridized carbons (Fsp3) is 0.500. The quantitative estimate of drug-likeness (QED) is 0.597. The van der Waals surface area contributed by atoms with Gasteiger partial charge in [-0.3, -0.25) is 14.5 Å². The molecule has 0 saturated carbocycles. The van der Waals surface area contributed by atoms with Crippen molar-refractivity contribution in [1.29, 1.82) is 0 Å². The fourth-order valence-electron chi connectivity index (χ4n) is 3.41. The minimum absolute atomic E-state index is 0.0451. The number of carbonyl (C=O) groups excluding carboxylic acids is 2. The van der Waals surface area contributed by atoms with Crippen LogP contribution in [-0.4, -0.2) is 56.3 Å². The van der Waals surface area contributed by atoms with Gasteiger partial charge in [-0.05, 0) is 50.1 Å². The number of carbonyl (C=O) groups is 2. The molecule has 2 aliphatic heterocycles. The fourth-order valence-corrected chi connectivity index (χ4v) is 5.55. The molecule has 1 N–H and O–H groups in total. The largest absolute Gasteiger partial charge is 0.396 e. The molecule has 0 spiro atoms. The number of rotatable bonds is 5. The van der Waals surface area contributed by atoms with Gasteiger partial charge in [0.2, 0.25) is 5.91 Å².